The molecule has 108 valence electrons. The van der Waals surface area contributed by atoms with Crippen LogP contribution in [0.25, 0.3) is 0 Å². The second-order valence-electron chi connectivity index (χ2n) is 3.50. The third-order valence-electron chi connectivity index (χ3n) is 2.27. The minimum absolute atomic E-state index is 0.122. The summed E-state index contributed by atoms with van der Waals surface area (Å²) >= 11 is 0. The first-order chi connectivity index (χ1) is 9.55. The number of para-hydroxylation sites is 1. The van der Waals surface area contributed by atoms with E-state index in [0.717, 1.165) is 0 Å². The van der Waals surface area contributed by atoms with Crippen molar-refractivity contribution in [2.45, 2.75) is 18.7 Å². The highest BCUT2D eigenvalue weighted by molar-refractivity contribution is 7.89. The van der Waals surface area contributed by atoms with Gasteiger partial charge in [0.2, 0.25) is 0 Å². The van der Waals surface area contributed by atoms with Crippen molar-refractivity contribution in [3.8, 4) is 18.6 Å². The highest BCUT2D eigenvalue weighted by Crippen LogP contribution is 2.23. The Hall–Kier alpha value is -2.19. The van der Waals surface area contributed by atoms with E-state index in [-0.39, 0.29) is 4.90 Å². The standard InChI is InChI=1S/C13H17NO3S.C2H2/c1-4-8-11(5-2)14-18(15,16)13-10-7-6-9-12(13)17-3;1-2/h4-10,14H,1-3H3;1-2H/b8-4-,11-5+;. The largest absolute Gasteiger partial charge is 0.495 e. The van der Waals surface area contributed by atoms with Crippen molar-refractivity contribution in [3.63, 3.8) is 0 Å². The molecule has 0 spiro atoms. The van der Waals surface area contributed by atoms with E-state index >= 15 is 0 Å². The van der Waals surface area contributed by atoms with Crippen LogP contribution in [-0.2, 0) is 10.0 Å². The summed E-state index contributed by atoms with van der Waals surface area (Å²) in [5.41, 5.74) is 0.517. The highest BCUT2D eigenvalue weighted by Gasteiger charge is 2.18. The summed E-state index contributed by atoms with van der Waals surface area (Å²) in [5, 5.41) is 0. The van der Waals surface area contributed by atoms with Gasteiger partial charge in [0.1, 0.15) is 10.6 Å². The topological polar surface area (TPSA) is 55.4 Å². The highest BCUT2D eigenvalue weighted by atomic mass is 32.2. The molecule has 0 saturated heterocycles. The molecule has 5 heteroatoms. The van der Waals surface area contributed by atoms with E-state index in [1.54, 1.807) is 43.4 Å². The normalized spacial score (nSPS) is 11.6. The molecule has 0 amide bonds. The summed E-state index contributed by atoms with van der Waals surface area (Å²) in [6.45, 7) is 3.58. The molecule has 0 fully saturated rings. The van der Waals surface area contributed by atoms with E-state index < -0.39 is 10.0 Å². The van der Waals surface area contributed by atoms with E-state index in [1.165, 1.54) is 13.2 Å². The molecule has 4 nitrogen and oxygen atoms in total. The Morgan fingerprint density at radius 3 is 2.35 bits per heavy atom. The zero-order valence-electron chi connectivity index (χ0n) is 11.8. The Balaban J connectivity index is 0.00000172. The van der Waals surface area contributed by atoms with Gasteiger partial charge in [0, 0.05) is 5.70 Å². The number of terminal acetylenes is 1. The first-order valence-electron chi connectivity index (χ1n) is 5.83. The van der Waals surface area contributed by atoms with Crippen LogP contribution in [-0.4, -0.2) is 15.5 Å². The van der Waals surface area contributed by atoms with E-state index in [0.29, 0.717) is 11.4 Å². The van der Waals surface area contributed by atoms with Crippen LogP contribution < -0.4 is 9.46 Å². The molecular formula is C15H19NO3S. The van der Waals surface area contributed by atoms with Gasteiger partial charge in [0.25, 0.3) is 10.0 Å². The maximum Gasteiger partial charge on any atom is 0.265 e. The van der Waals surface area contributed by atoms with Gasteiger partial charge in [-0.05, 0) is 32.1 Å². The summed E-state index contributed by atoms with van der Waals surface area (Å²) in [5.74, 6) is 0.320. The summed E-state index contributed by atoms with van der Waals surface area (Å²) < 4.78 is 31.9. The summed E-state index contributed by atoms with van der Waals surface area (Å²) in [6, 6.07) is 6.49. The predicted molar refractivity (Wildman–Crippen MR) is 81.8 cm³/mol. The van der Waals surface area contributed by atoms with Gasteiger partial charge in [0.15, 0.2) is 0 Å². The van der Waals surface area contributed by atoms with Gasteiger partial charge in [-0.25, -0.2) is 8.42 Å². The number of methoxy groups -OCH3 is 1. The second kappa shape index (κ2) is 8.83. The third kappa shape index (κ3) is 4.82. The Morgan fingerprint density at radius 2 is 1.85 bits per heavy atom. The molecule has 1 aromatic carbocycles. The maximum atomic E-state index is 12.2. The number of benzene rings is 1. The number of hydrogen-bond donors (Lipinski definition) is 1. The molecule has 0 saturated carbocycles. The van der Waals surface area contributed by atoms with Crippen LogP contribution in [0.1, 0.15) is 13.8 Å². The lowest BCUT2D eigenvalue weighted by molar-refractivity contribution is 0.402. The Labute approximate surface area is 121 Å². The Kier molecular flexibility index (Phi) is 7.87. The molecular weight excluding hydrogens is 274 g/mol. The van der Waals surface area contributed by atoms with Crippen molar-refractivity contribution in [2.75, 3.05) is 7.11 Å². The fraction of sp³-hybridized carbons (Fsp3) is 0.200. The molecule has 20 heavy (non-hydrogen) atoms. The zero-order chi connectivity index (χ0) is 15.6. The fourth-order valence-corrected chi connectivity index (χ4v) is 2.70. The number of nitrogens with one attached hydrogen (secondary N) is 1. The van der Waals surface area contributed by atoms with E-state index in [1.807, 2.05) is 6.92 Å². The molecule has 1 aromatic rings. The van der Waals surface area contributed by atoms with Crippen LogP contribution in [0, 0.1) is 12.8 Å². The number of rotatable bonds is 5. The van der Waals surface area contributed by atoms with E-state index in [2.05, 4.69) is 17.6 Å². The molecule has 0 atom stereocenters. The molecule has 0 aliphatic heterocycles. The van der Waals surface area contributed by atoms with Gasteiger partial charge < -0.3 is 4.74 Å². The van der Waals surface area contributed by atoms with Crippen molar-refractivity contribution < 1.29 is 13.2 Å². The summed E-state index contributed by atoms with van der Waals surface area (Å²) in [7, 11) is -2.19. The van der Waals surface area contributed by atoms with Gasteiger partial charge in [-0.1, -0.05) is 24.3 Å². The first-order valence-corrected chi connectivity index (χ1v) is 7.31. The minimum atomic E-state index is -3.63. The second-order valence-corrected chi connectivity index (χ2v) is 5.15. The molecule has 0 heterocycles. The lowest BCUT2D eigenvalue weighted by atomic mass is 10.3. The molecule has 1 rings (SSSR count). The molecule has 0 aromatic heterocycles. The van der Waals surface area contributed by atoms with Crippen molar-refractivity contribution >= 4 is 10.0 Å². The number of sulfonamides is 1. The van der Waals surface area contributed by atoms with Crippen molar-refractivity contribution in [3.05, 3.63) is 48.2 Å². The average Bonchev–Trinajstić information content (AvgIpc) is 2.48. The Bertz CT molecular complexity index is 599. The Morgan fingerprint density at radius 1 is 1.25 bits per heavy atom. The first kappa shape index (κ1) is 17.8. The van der Waals surface area contributed by atoms with E-state index in [4.69, 9.17) is 4.74 Å². The number of allylic oxidation sites excluding steroid dienone is 3. The van der Waals surface area contributed by atoms with Gasteiger partial charge >= 0.3 is 0 Å². The van der Waals surface area contributed by atoms with Crippen molar-refractivity contribution in [1.29, 1.82) is 0 Å². The smallest absolute Gasteiger partial charge is 0.265 e. The van der Waals surface area contributed by atoms with Gasteiger partial charge in [0.05, 0.1) is 7.11 Å². The van der Waals surface area contributed by atoms with Crippen LogP contribution in [0.15, 0.2) is 53.1 Å². The number of hydrogen-bond acceptors (Lipinski definition) is 3. The van der Waals surface area contributed by atoms with Crippen molar-refractivity contribution in [2.24, 2.45) is 0 Å². The molecule has 0 radical (unpaired) electrons. The SMILES string of the molecule is C#C.C/C=C\C(=C/C)NS(=O)(=O)c1ccccc1OC. The molecule has 1 N–H and O–H groups in total. The molecule has 0 aliphatic rings. The maximum absolute atomic E-state index is 12.2. The zero-order valence-corrected chi connectivity index (χ0v) is 12.6. The lowest BCUT2D eigenvalue weighted by Gasteiger charge is -2.11. The van der Waals surface area contributed by atoms with Crippen LogP contribution in [0.5, 0.6) is 5.75 Å². The quantitative estimate of drug-likeness (QED) is 0.671. The van der Waals surface area contributed by atoms with Crippen LogP contribution >= 0.6 is 0 Å². The van der Waals surface area contributed by atoms with E-state index in [9.17, 15) is 8.42 Å². The molecule has 0 unspecified atom stereocenters. The van der Waals surface area contributed by atoms with Crippen molar-refractivity contribution in [1.82, 2.24) is 4.72 Å². The van der Waals surface area contributed by atoms with Gasteiger partial charge in [-0.15, -0.1) is 12.8 Å². The van der Waals surface area contributed by atoms with Crippen LogP contribution in [0.3, 0.4) is 0 Å². The summed E-state index contributed by atoms with van der Waals surface area (Å²) in [6.07, 6.45) is 13.1. The predicted octanol–water partition coefficient (Wildman–Crippen LogP) is 2.70. The van der Waals surface area contributed by atoms with Crippen LogP contribution in [0.4, 0.5) is 0 Å². The summed E-state index contributed by atoms with van der Waals surface area (Å²) in [4.78, 5) is 0.122. The number of ether oxygens (including phenoxy) is 1. The third-order valence-corrected chi connectivity index (χ3v) is 3.69. The fourth-order valence-electron chi connectivity index (χ4n) is 1.42. The monoisotopic (exact) mass is 293 g/mol. The van der Waals surface area contributed by atoms with Gasteiger partial charge in [-0.3, -0.25) is 4.72 Å². The molecule has 0 bridgehead atoms. The van der Waals surface area contributed by atoms with Gasteiger partial charge in [-0.2, -0.15) is 0 Å². The minimum Gasteiger partial charge on any atom is -0.495 e. The van der Waals surface area contributed by atoms with Crippen LogP contribution in [0.2, 0.25) is 0 Å². The lowest BCUT2D eigenvalue weighted by Crippen LogP contribution is -2.22. The molecule has 0 aliphatic carbocycles. The average molecular weight is 293 g/mol.